The smallest absolute Gasteiger partial charge is 0.253 e. The second-order valence-electron chi connectivity index (χ2n) is 6.27. The van der Waals surface area contributed by atoms with E-state index in [1.807, 2.05) is 42.5 Å². The molecule has 0 aliphatic carbocycles. The van der Waals surface area contributed by atoms with Gasteiger partial charge in [-0.1, -0.05) is 30.3 Å². The lowest BCUT2D eigenvalue weighted by Crippen LogP contribution is -2.44. The average molecular weight is 338 g/mol. The van der Waals surface area contributed by atoms with Crippen LogP contribution in [0.2, 0.25) is 0 Å². The van der Waals surface area contributed by atoms with Crippen LogP contribution in [-0.4, -0.2) is 36.9 Å². The molecule has 2 aromatic rings. The van der Waals surface area contributed by atoms with Crippen molar-refractivity contribution < 1.29 is 14.3 Å². The highest BCUT2D eigenvalue weighted by Crippen LogP contribution is 2.31. The summed E-state index contributed by atoms with van der Waals surface area (Å²) in [4.78, 5) is 26.1. The molecule has 130 valence electrons. The number of carbonyl (C=O) groups is 2. The third-order valence-electron chi connectivity index (χ3n) is 4.64. The highest BCUT2D eigenvalue weighted by molar-refractivity contribution is 5.96. The summed E-state index contributed by atoms with van der Waals surface area (Å²) in [5.74, 6) is 0.0453. The Morgan fingerprint density at radius 1 is 1.16 bits per heavy atom. The van der Waals surface area contributed by atoms with Crippen molar-refractivity contribution in [3.8, 4) is 16.9 Å². The normalized spacial score (nSPS) is 17.2. The molecule has 1 heterocycles. The van der Waals surface area contributed by atoms with Crippen LogP contribution in [0.1, 0.15) is 23.2 Å². The van der Waals surface area contributed by atoms with Crippen LogP contribution in [-0.2, 0) is 4.79 Å². The predicted molar refractivity (Wildman–Crippen MR) is 96.3 cm³/mol. The highest BCUT2D eigenvalue weighted by atomic mass is 16.5. The van der Waals surface area contributed by atoms with E-state index in [1.54, 1.807) is 18.1 Å². The number of methoxy groups -OCH3 is 1. The Bertz CT molecular complexity index is 774. The maximum atomic E-state index is 12.9. The number of piperidine rings is 1. The Morgan fingerprint density at radius 2 is 1.92 bits per heavy atom. The Balaban J connectivity index is 1.90. The molecular formula is C20H22N2O3. The Morgan fingerprint density at radius 3 is 2.60 bits per heavy atom. The van der Waals surface area contributed by atoms with Gasteiger partial charge < -0.3 is 15.4 Å². The van der Waals surface area contributed by atoms with Crippen molar-refractivity contribution in [2.45, 2.75) is 12.8 Å². The van der Waals surface area contributed by atoms with Crippen LogP contribution < -0.4 is 10.5 Å². The van der Waals surface area contributed by atoms with Gasteiger partial charge in [-0.05, 0) is 36.6 Å². The topological polar surface area (TPSA) is 72.6 Å². The molecule has 5 nitrogen and oxygen atoms in total. The van der Waals surface area contributed by atoms with Gasteiger partial charge in [0.15, 0.2) is 0 Å². The van der Waals surface area contributed by atoms with Gasteiger partial charge in [0.1, 0.15) is 5.75 Å². The molecular weight excluding hydrogens is 316 g/mol. The van der Waals surface area contributed by atoms with Crippen molar-refractivity contribution >= 4 is 11.8 Å². The molecule has 1 aliphatic rings. The number of rotatable bonds is 4. The van der Waals surface area contributed by atoms with Crippen molar-refractivity contribution in [3.63, 3.8) is 0 Å². The number of hydrogen-bond donors (Lipinski definition) is 1. The van der Waals surface area contributed by atoms with Gasteiger partial charge in [0, 0.05) is 24.2 Å². The minimum absolute atomic E-state index is 0.0780. The first kappa shape index (κ1) is 17.0. The summed E-state index contributed by atoms with van der Waals surface area (Å²) >= 11 is 0. The van der Waals surface area contributed by atoms with Gasteiger partial charge >= 0.3 is 0 Å². The zero-order chi connectivity index (χ0) is 17.8. The first-order valence-corrected chi connectivity index (χ1v) is 8.42. The molecule has 0 bridgehead atoms. The SMILES string of the molecule is COc1ccc(C(=O)N2CCCC(C(N)=O)C2)cc1-c1ccccc1. The number of primary amides is 1. The number of nitrogens with zero attached hydrogens (tertiary/aromatic N) is 1. The van der Waals surface area contributed by atoms with Gasteiger partial charge in [-0.3, -0.25) is 9.59 Å². The molecule has 1 fully saturated rings. The Labute approximate surface area is 147 Å². The lowest BCUT2D eigenvalue weighted by Gasteiger charge is -2.31. The summed E-state index contributed by atoms with van der Waals surface area (Å²) in [5.41, 5.74) is 7.86. The Kier molecular flexibility index (Phi) is 5.03. The van der Waals surface area contributed by atoms with E-state index in [0.29, 0.717) is 18.7 Å². The number of amides is 2. The maximum absolute atomic E-state index is 12.9. The fourth-order valence-electron chi connectivity index (χ4n) is 3.26. The van der Waals surface area contributed by atoms with Crippen molar-refractivity contribution in [3.05, 3.63) is 54.1 Å². The van der Waals surface area contributed by atoms with Crippen molar-refractivity contribution in [1.29, 1.82) is 0 Å². The summed E-state index contributed by atoms with van der Waals surface area (Å²) in [6.07, 6.45) is 1.54. The minimum atomic E-state index is -0.336. The molecule has 1 atom stereocenters. The van der Waals surface area contributed by atoms with E-state index in [0.717, 1.165) is 29.7 Å². The molecule has 2 N–H and O–H groups in total. The van der Waals surface area contributed by atoms with Gasteiger partial charge in [0.2, 0.25) is 5.91 Å². The lowest BCUT2D eigenvalue weighted by atomic mass is 9.96. The van der Waals surface area contributed by atoms with Crippen molar-refractivity contribution in [1.82, 2.24) is 4.90 Å². The summed E-state index contributed by atoms with van der Waals surface area (Å²) in [7, 11) is 1.62. The van der Waals surface area contributed by atoms with Gasteiger partial charge in [0.25, 0.3) is 5.91 Å². The molecule has 2 aromatic carbocycles. The molecule has 1 aliphatic heterocycles. The summed E-state index contributed by atoms with van der Waals surface area (Å²) in [6.45, 7) is 1.04. The van der Waals surface area contributed by atoms with Gasteiger partial charge in [-0.2, -0.15) is 0 Å². The zero-order valence-corrected chi connectivity index (χ0v) is 14.3. The largest absolute Gasteiger partial charge is 0.496 e. The predicted octanol–water partition coefficient (Wildman–Crippen LogP) is 2.70. The van der Waals surface area contributed by atoms with E-state index < -0.39 is 0 Å². The third kappa shape index (κ3) is 3.65. The molecule has 0 saturated carbocycles. The van der Waals surface area contributed by atoms with E-state index in [2.05, 4.69) is 0 Å². The van der Waals surface area contributed by atoms with E-state index in [1.165, 1.54) is 0 Å². The first-order valence-electron chi connectivity index (χ1n) is 8.42. The van der Waals surface area contributed by atoms with E-state index >= 15 is 0 Å². The number of carbonyl (C=O) groups excluding carboxylic acids is 2. The minimum Gasteiger partial charge on any atom is -0.496 e. The van der Waals surface area contributed by atoms with Crippen LogP contribution in [0.4, 0.5) is 0 Å². The average Bonchev–Trinajstić information content (AvgIpc) is 2.67. The van der Waals surface area contributed by atoms with Crippen molar-refractivity contribution in [2.75, 3.05) is 20.2 Å². The monoisotopic (exact) mass is 338 g/mol. The summed E-state index contributed by atoms with van der Waals surface area (Å²) < 4.78 is 5.44. The third-order valence-corrected chi connectivity index (χ3v) is 4.64. The second-order valence-corrected chi connectivity index (χ2v) is 6.27. The highest BCUT2D eigenvalue weighted by Gasteiger charge is 2.27. The van der Waals surface area contributed by atoms with E-state index in [4.69, 9.17) is 10.5 Å². The number of nitrogens with two attached hydrogens (primary N) is 1. The van der Waals surface area contributed by atoms with Crippen LogP contribution in [0.25, 0.3) is 11.1 Å². The quantitative estimate of drug-likeness (QED) is 0.931. The summed E-state index contributed by atoms with van der Waals surface area (Å²) in [6, 6.07) is 15.2. The van der Waals surface area contributed by atoms with Crippen molar-refractivity contribution in [2.24, 2.45) is 11.7 Å². The zero-order valence-electron chi connectivity index (χ0n) is 14.3. The Hall–Kier alpha value is -2.82. The number of likely N-dealkylation sites (tertiary alicyclic amines) is 1. The van der Waals surface area contributed by atoms with Crippen LogP contribution in [0.5, 0.6) is 5.75 Å². The van der Waals surface area contributed by atoms with Crippen LogP contribution in [0.15, 0.2) is 48.5 Å². The molecule has 1 saturated heterocycles. The fraction of sp³-hybridized carbons (Fsp3) is 0.300. The van der Waals surface area contributed by atoms with E-state index in [9.17, 15) is 9.59 Å². The molecule has 25 heavy (non-hydrogen) atoms. The van der Waals surface area contributed by atoms with Gasteiger partial charge in [-0.15, -0.1) is 0 Å². The van der Waals surface area contributed by atoms with Gasteiger partial charge in [0.05, 0.1) is 13.0 Å². The van der Waals surface area contributed by atoms with Crippen LogP contribution >= 0.6 is 0 Å². The number of ether oxygens (including phenoxy) is 1. The molecule has 1 unspecified atom stereocenters. The molecule has 0 aromatic heterocycles. The summed E-state index contributed by atoms with van der Waals surface area (Å²) in [5, 5.41) is 0. The van der Waals surface area contributed by atoms with Crippen LogP contribution in [0.3, 0.4) is 0 Å². The standard InChI is InChI=1S/C20H22N2O3/c1-25-18-10-9-15(12-17(18)14-6-3-2-4-7-14)20(24)22-11-5-8-16(13-22)19(21)23/h2-4,6-7,9-10,12,16H,5,8,11,13H2,1H3,(H2,21,23). The molecule has 2 amide bonds. The fourth-order valence-corrected chi connectivity index (χ4v) is 3.26. The lowest BCUT2D eigenvalue weighted by molar-refractivity contribution is -0.123. The number of benzene rings is 2. The van der Waals surface area contributed by atoms with Crippen LogP contribution in [0, 0.1) is 5.92 Å². The van der Waals surface area contributed by atoms with Gasteiger partial charge in [-0.25, -0.2) is 0 Å². The molecule has 0 spiro atoms. The molecule has 3 rings (SSSR count). The first-order chi connectivity index (χ1) is 12.1. The second kappa shape index (κ2) is 7.38. The number of hydrogen-bond acceptors (Lipinski definition) is 3. The molecule has 5 heteroatoms. The molecule has 0 radical (unpaired) electrons. The van der Waals surface area contributed by atoms with E-state index in [-0.39, 0.29) is 17.7 Å². The maximum Gasteiger partial charge on any atom is 0.253 e.